The van der Waals surface area contributed by atoms with Crippen molar-refractivity contribution in [3.63, 3.8) is 0 Å². The molecule has 0 bridgehead atoms. The molecule has 1 radical (unpaired) electrons. The Kier molecular flexibility index (Phi) is 12.8. The van der Waals surface area contributed by atoms with E-state index in [-0.39, 0.29) is 49.9 Å². The van der Waals surface area contributed by atoms with Gasteiger partial charge >= 0.3 is 16.8 Å². The summed E-state index contributed by atoms with van der Waals surface area (Å²) in [6, 6.07) is 27.7. The Morgan fingerprint density at radius 3 is 1.15 bits per heavy atom. The molecule has 0 N–H and O–H groups in total. The van der Waals surface area contributed by atoms with Crippen LogP contribution in [0.15, 0.2) is 107 Å². The Morgan fingerprint density at radius 2 is 0.818 bits per heavy atom. The zero-order valence-electron chi connectivity index (χ0n) is 34.3. The van der Waals surface area contributed by atoms with Gasteiger partial charge in [-0.3, -0.25) is 20.0 Å². The van der Waals surface area contributed by atoms with Crippen LogP contribution in [0, 0.1) is 0 Å². The summed E-state index contributed by atoms with van der Waals surface area (Å²) in [7, 11) is 0. The first kappa shape index (κ1) is 42.9. The molecule has 6 nitrogen and oxygen atoms in total. The van der Waals surface area contributed by atoms with Crippen molar-refractivity contribution in [2.45, 2.75) is 105 Å². The van der Waals surface area contributed by atoms with Gasteiger partial charge in [-0.2, -0.15) is 0 Å². The first-order chi connectivity index (χ1) is 25.1. The molecule has 0 saturated heterocycles. The average Bonchev–Trinajstić information content (AvgIpc) is 3.09. The van der Waals surface area contributed by atoms with Gasteiger partial charge < -0.3 is 10.2 Å². The smallest absolute Gasteiger partial charge is 0.872 e. The monoisotopic (exact) mass is 777 g/mol. The van der Waals surface area contributed by atoms with E-state index in [4.69, 9.17) is 0 Å². The number of para-hydroxylation sites is 2. The van der Waals surface area contributed by atoms with Crippen molar-refractivity contribution >= 4 is 45.6 Å². The summed E-state index contributed by atoms with van der Waals surface area (Å²) in [6.07, 6.45) is 6.91. The van der Waals surface area contributed by atoms with Crippen molar-refractivity contribution in [1.82, 2.24) is 9.97 Å². The fourth-order valence-electron chi connectivity index (χ4n) is 6.14. The van der Waals surface area contributed by atoms with Crippen LogP contribution in [0.1, 0.15) is 116 Å². The molecule has 2 heterocycles. The molecule has 0 atom stereocenters. The normalized spacial score (nSPS) is 12.6. The minimum atomic E-state index is -0.220. The Balaban J connectivity index is 0.000000240. The van der Waals surface area contributed by atoms with Gasteiger partial charge in [-0.1, -0.05) is 155 Å². The minimum absolute atomic E-state index is 0. The van der Waals surface area contributed by atoms with Crippen molar-refractivity contribution in [3.05, 3.63) is 131 Å². The maximum Gasteiger partial charge on any atom is 2.00 e. The largest absolute Gasteiger partial charge is 2.00 e. The van der Waals surface area contributed by atoms with Crippen molar-refractivity contribution < 1.29 is 27.0 Å². The fraction of sp³-hybridized carbons (Fsp3) is 0.333. The van der Waals surface area contributed by atoms with E-state index in [2.05, 4.69) is 115 Å². The van der Waals surface area contributed by atoms with E-state index in [1.165, 1.54) is 0 Å². The van der Waals surface area contributed by atoms with Gasteiger partial charge in [0.2, 0.25) is 0 Å². The second-order valence-corrected chi connectivity index (χ2v) is 18.1. The van der Waals surface area contributed by atoms with Crippen LogP contribution in [-0.2, 0) is 38.4 Å². The molecule has 4 aromatic carbocycles. The fourth-order valence-corrected chi connectivity index (χ4v) is 6.14. The molecule has 0 amide bonds. The number of hydrogen-bond donors (Lipinski definition) is 0. The van der Waals surface area contributed by atoms with Gasteiger partial charge in [-0.25, -0.2) is 0 Å². The van der Waals surface area contributed by atoms with Crippen LogP contribution in [0.3, 0.4) is 0 Å². The van der Waals surface area contributed by atoms with Gasteiger partial charge in [0.1, 0.15) is 0 Å². The number of aliphatic imine (C=N–C) groups is 2. The van der Waals surface area contributed by atoms with Crippen molar-refractivity contribution in [2.24, 2.45) is 9.98 Å². The van der Waals surface area contributed by atoms with E-state index in [0.717, 1.165) is 55.4 Å². The van der Waals surface area contributed by atoms with Crippen molar-refractivity contribution in [1.29, 1.82) is 0 Å². The molecule has 0 spiro atoms. The molecule has 6 aromatic rings. The molecular weight excluding hydrogens is 723 g/mol. The zero-order valence-corrected chi connectivity index (χ0v) is 35.4. The Hall–Kier alpha value is -4.85. The number of pyridine rings is 2. The van der Waals surface area contributed by atoms with Gasteiger partial charge in [0.15, 0.2) is 0 Å². The number of aromatic nitrogens is 2. The molecule has 0 saturated carbocycles. The molecule has 287 valence electrons. The van der Waals surface area contributed by atoms with E-state index < -0.39 is 0 Å². The van der Waals surface area contributed by atoms with E-state index in [9.17, 15) is 10.2 Å². The molecular formula is C48H54CoN4O2. The molecule has 0 fully saturated rings. The zero-order chi connectivity index (χ0) is 39.6. The summed E-state index contributed by atoms with van der Waals surface area (Å²) in [5, 5.41) is 28.2. The summed E-state index contributed by atoms with van der Waals surface area (Å²) in [5.74, 6) is 0.0971. The van der Waals surface area contributed by atoms with Crippen LogP contribution in [0.5, 0.6) is 11.5 Å². The Labute approximate surface area is 338 Å². The quantitative estimate of drug-likeness (QED) is 0.166. The summed E-state index contributed by atoms with van der Waals surface area (Å²) < 4.78 is 0. The van der Waals surface area contributed by atoms with Crippen molar-refractivity contribution in [2.75, 3.05) is 0 Å². The second kappa shape index (κ2) is 16.5. The Bertz CT molecular complexity index is 2170. The molecule has 0 aliphatic carbocycles. The van der Waals surface area contributed by atoms with Crippen LogP contribution in [0.4, 0.5) is 11.4 Å². The molecule has 2 aromatic heterocycles. The number of benzene rings is 4. The number of nitrogens with zero attached hydrogens (tertiary/aromatic N) is 4. The Morgan fingerprint density at radius 1 is 0.473 bits per heavy atom. The van der Waals surface area contributed by atoms with Gasteiger partial charge in [0.25, 0.3) is 0 Å². The number of hydrogen-bond acceptors (Lipinski definition) is 6. The standard InChI is InChI=1S/2C24H28N2O.Co/c2*1-23(2,3)18-13-17(22(27)19(14-18)24(4,5)6)15-26-20-11-7-9-16-10-8-12-25-21(16)20;/h2*7-15,27H,1-6H3;/q;;+2/p-2. The van der Waals surface area contributed by atoms with Gasteiger partial charge in [-0.05, 0) is 79.3 Å². The minimum Gasteiger partial charge on any atom is -0.872 e. The molecule has 55 heavy (non-hydrogen) atoms. The summed E-state index contributed by atoms with van der Waals surface area (Å²) in [4.78, 5) is 18.1. The molecule has 0 aliphatic rings. The van der Waals surface area contributed by atoms with E-state index in [1.54, 1.807) is 24.8 Å². The number of rotatable bonds is 4. The summed E-state index contributed by atoms with van der Waals surface area (Å²) in [6.45, 7) is 25.4. The van der Waals surface area contributed by atoms with E-state index >= 15 is 0 Å². The van der Waals surface area contributed by atoms with Crippen LogP contribution >= 0.6 is 0 Å². The maximum atomic E-state index is 13.1. The predicted octanol–water partition coefficient (Wildman–Crippen LogP) is 11.3. The first-order valence-corrected chi connectivity index (χ1v) is 18.6. The van der Waals surface area contributed by atoms with E-state index in [0.29, 0.717) is 11.1 Å². The second-order valence-electron chi connectivity index (χ2n) is 18.1. The van der Waals surface area contributed by atoms with Gasteiger partial charge in [0, 0.05) is 35.6 Å². The van der Waals surface area contributed by atoms with Crippen molar-refractivity contribution in [3.8, 4) is 11.5 Å². The van der Waals surface area contributed by atoms with E-state index in [1.807, 2.05) is 72.8 Å². The van der Waals surface area contributed by atoms with Gasteiger partial charge in [0.05, 0.1) is 22.4 Å². The predicted molar refractivity (Wildman–Crippen MR) is 225 cm³/mol. The third kappa shape index (κ3) is 10.3. The third-order valence-electron chi connectivity index (χ3n) is 9.49. The summed E-state index contributed by atoms with van der Waals surface area (Å²) in [5.41, 5.74) is 7.88. The average molecular weight is 778 g/mol. The molecule has 7 heteroatoms. The SMILES string of the molecule is CC(C)(C)c1cc(C=Nc2cccc3cccnc23)c([O-])c(C(C)(C)C)c1.CC(C)(C)c1cc(C=Nc2cccc3cccnc23)c([O-])c(C(C)(C)C)c1.[Co+2]. The number of fused-ring (bicyclic) bond motifs is 2. The van der Waals surface area contributed by atoms with Crippen LogP contribution < -0.4 is 10.2 Å². The first-order valence-electron chi connectivity index (χ1n) is 18.6. The summed E-state index contributed by atoms with van der Waals surface area (Å²) >= 11 is 0. The third-order valence-corrected chi connectivity index (χ3v) is 9.49. The van der Waals surface area contributed by atoms with Gasteiger partial charge in [-0.15, -0.1) is 0 Å². The topological polar surface area (TPSA) is 96.6 Å². The molecule has 6 rings (SSSR count). The molecule has 0 unspecified atom stereocenters. The van der Waals surface area contributed by atoms with Crippen LogP contribution in [0.2, 0.25) is 0 Å². The van der Waals surface area contributed by atoms with Crippen LogP contribution in [-0.4, -0.2) is 22.4 Å². The molecule has 0 aliphatic heterocycles. The van der Waals surface area contributed by atoms with Crippen LogP contribution in [0.25, 0.3) is 21.8 Å². The maximum absolute atomic E-state index is 13.1.